The van der Waals surface area contributed by atoms with Gasteiger partial charge in [0.2, 0.25) is 0 Å². The highest BCUT2D eigenvalue weighted by atomic mass is 35.5. The summed E-state index contributed by atoms with van der Waals surface area (Å²) in [6.07, 6.45) is 3.20. The van der Waals surface area contributed by atoms with E-state index in [0.29, 0.717) is 5.88 Å². The van der Waals surface area contributed by atoms with Gasteiger partial charge in [-0.05, 0) is 23.6 Å². The molecule has 0 unspecified atom stereocenters. The smallest absolute Gasteiger partial charge is 0.0645 e. The van der Waals surface area contributed by atoms with Gasteiger partial charge in [-0.1, -0.05) is 30.3 Å². The standard InChI is InChI=1S/C12H12ClN/c13-9-12-11(6-7-14-12)8-10-4-2-1-3-5-10/h1-5,8H,6-7,9H2/b11-8+. The quantitative estimate of drug-likeness (QED) is 0.658. The molecule has 0 spiro atoms. The number of hydrogen-bond acceptors (Lipinski definition) is 1. The van der Waals surface area contributed by atoms with E-state index in [1.807, 2.05) is 18.2 Å². The molecular weight excluding hydrogens is 194 g/mol. The average Bonchev–Trinajstić information content (AvgIpc) is 2.67. The molecule has 2 heteroatoms. The molecule has 1 heterocycles. The Kier molecular flexibility index (Phi) is 3.00. The van der Waals surface area contributed by atoms with Crippen LogP contribution in [0.3, 0.4) is 0 Å². The Morgan fingerprint density at radius 1 is 1.29 bits per heavy atom. The molecule has 0 N–H and O–H groups in total. The van der Waals surface area contributed by atoms with Gasteiger partial charge >= 0.3 is 0 Å². The van der Waals surface area contributed by atoms with Crippen molar-refractivity contribution in [2.75, 3.05) is 12.4 Å². The summed E-state index contributed by atoms with van der Waals surface area (Å²) in [4.78, 5) is 4.35. The van der Waals surface area contributed by atoms with Crippen molar-refractivity contribution in [1.29, 1.82) is 0 Å². The van der Waals surface area contributed by atoms with E-state index in [-0.39, 0.29) is 0 Å². The van der Waals surface area contributed by atoms with Gasteiger partial charge in [-0.3, -0.25) is 4.99 Å². The Morgan fingerprint density at radius 3 is 2.79 bits per heavy atom. The predicted molar refractivity (Wildman–Crippen MR) is 62.1 cm³/mol. The normalized spacial score (nSPS) is 18.6. The highest BCUT2D eigenvalue weighted by molar-refractivity contribution is 6.32. The van der Waals surface area contributed by atoms with Crippen LogP contribution >= 0.6 is 11.6 Å². The largest absolute Gasteiger partial charge is 0.288 e. The number of benzene rings is 1. The van der Waals surface area contributed by atoms with Crippen molar-refractivity contribution in [3.05, 3.63) is 41.5 Å². The van der Waals surface area contributed by atoms with E-state index in [2.05, 4.69) is 23.2 Å². The molecule has 72 valence electrons. The summed E-state index contributed by atoms with van der Waals surface area (Å²) >= 11 is 5.80. The zero-order valence-corrected chi connectivity index (χ0v) is 8.67. The molecule has 1 aromatic rings. The maximum atomic E-state index is 5.80. The molecule has 2 rings (SSSR count). The lowest BCUT2D eigenvalue weighted by Crippen LogP contribution is -1.98. The Hall–Kier alpha value is -1.08. The van der Waals surface area contributed by atoms with Crippen LogP contribution in [-0.2, 0) is 0 Å². The van der Waals surface area contributed by atoms with Crippen LogP contribution in [0.2, 0.25) is 0 Å². The molecule has 0 atom stereocenters. The number of aliphatic imine (C=N–C) groups is 1. The van der Waals surface area contributed by atoms with Gasteiger partial charge in [0.25, 0.3) is 0 Å². The van der Waals surface area contributed by atoms with Gasteiger partial charge < -0.3 is 0 Å². The van der Waals surface area contributed by atoms with E-state index >= 15 is 0 Å². The van der Waals surface area contributed by atoms with Crippen molar-refractivity contribution < 1.29 is 0 Å². The first-order chi connectivity index (χ1) is 6.90. The second-order valence-corrected chi connectivity index (χ2v) is 3.56. The molecule has 0 fully saturated rings. The molecule has 14 heavy (non-hydrogen) atoms. The molecule has 0 aromatic heterocycles. The molecular formula is C12H12ClN. The zero-order valence-electron chi connectivity index (χ0n) is 7.91. The van der Waals surface area contributed by atoms with E-state index in [9.17, 15) is 0 Å². The van der Waals surface area contributed by atoms with Gasteiger partial charge in [0.1, 0.15) is 0 Å². The van der Waals surface area contributed by atoms with Crippen LogP contribution in [-0.4, -0.2) is 18.1 Å². The van der Waals surface area contributed by atoms with Crippen molar-refractivity contribution in [3.63, 3.8) is 0 Å². The molecule has 0 radical (unpaired) electrons. The third kappa shape index (κ3) is 2.05. The zero-order chi connectivity index (χ0) is 9.80. The first-order valence-electron chi connectivity index (χ1n) is 4.75. The highest BCUT2D eigenvalue weighted by Crippen LogP contribution is 2.17. The van der Waals surface area contributed by atoms with Crippen LogP contribution in [0.1, 0.15) is 12.0 Å². The fraction of sp³-hybridized carbons (Fsp3) is 0.250. The molecule has 1 aromatic carbocycles. The molecule has 0 saturated heterocycles. The van der Waals surface area contributed by atoms with Crippen molar-refractivity contribution in [2.45, 2.75) is 6.42 Å². The monoisotopic (exact) mass is 205 g/mol. The van der Waals surface area contributed by atoms with Crippen LogP contribution in [0, 0.1) is 0 Å². The summed E-state index contributed by atoms with van der Waals surface area (Å²) in [5.41, 5.74) is 3.56. The minimum atomic E-state index is 0.526. The molecule has 1 aliphatic rings. The second kappa shape index (κ2) is 4.43. The lowest BCUT2D eigenvalue weighted by molar-refractivity contribution is 1.05. The maximum absolute atomic E-state index is 5.80. The van der Waals surface area contributed by atoms with Gasteiger partial charge in [-0.25, -0.2) is 0 Å². The van der Waals surface area contributed by atoms with Crippen molar-refractivity contribution in [2.24, 2.45) is 4.99 Å². The lowest BCUT2D eigenvalue weighted by Gasteiger charge is -1.99. The lowest BCUT2D eigenvalue weighted by atomic mass is 10.1. The number of halogens is 1. The summed E-state index contributed by atoms with van der Waals surface area (Å²) < 4.78 is 0. The summed E-state index contributed by atoms with van der Waals surface area (Å²) in [7, 11) is 0. The third-order valence-corrected chi connectivity index (χ3v) is 2.57. The Morgan fingerprint density at radius 2 is 2.07 bits per heavy atom. The van der Waals surface area contributed by atoms with E-state index in [1.54, 1.807) is 0 Å². The van der Waals surface area contributed by atoms with Crippen LogP contribution in [0.5, 0.6) is 0 Å². The number of nitrogens with zero attached hydrogens (tertiary/aromatic N) is 1. The van der Waals surface area contributed by atoms with Crippen LogP contribution < -0.4 is 0 Å². The minimum absolute atomic E-state index is 0.526. The molecule has 0 saturated carbocycles. The van der Waals surface area contributed by atoms with Gasteiger partial charge in [-0.2, -0.15) is 0 Å². The first kappa shape index (κ1) is 9.47. The summed E-state index contributed by atoms with van der Waals surface area (Å²) in [5.74, 6) is 0.526. The average molecular weight is 206 g/mol. The number of hydrogen-bond donors (Lipinski definition) is 0. The summed E-state index contributed by atoms with van der Waals surface area (Å²) in [6.45, 7) is 0.890. The fourth-order valence-electron chi connectivity index (χ4n) is 1.59. The van der Waals surface area contributed by atoms with Crippen LogP contribution in [0.25, 0.3) is 6.08 Å². The van der Waals surface area contributed by atoms with E-state index in [1.165, 1.54) is 11.1 Å². The molecule has 0 aliphatic carbocycles. The molecule has 0 amide bonds. The van der Waals surface area contributed by atoms with Gasteiger partial charge in [0.05, 0.1) is 11.6 Å². The van der Waals surface area contributed by atoms with E-state index in [0.717, 1.165) is 18.7 Å². The van der Waals surface area contributed by atoms with Crippen molar-refractivity contribution in [1.82, 2.24) is 0 Å². The molecule has 1 nitrogen and oxygen atoms in total. The summed E-state index contributed by atoms with van der Waals surface area (Å²) in [5, 5.41) is 0. The molecule has 1 aliphatic heterocycles. The fourth-order valence-corrected chi connectivity index (χ4v) is 1.85. The van der Waals surface area contributed by atoms with Crippen LogP contribution in [0.15, 0.2) is 40.9 Å². The first-order valence-corrected chi connectivity index (χ1v) is 5.29. The van der Waals surface area contributed by atoms with E-state index in [4.69, 9.17) is 11.6 Å². The predicted octanol–water partition coefficient (Wildman–Crippen LogP) is 3.15. The Labute approximate surface area is 89.1 Å². The van der Waals surface area contributed by atoms with Gasteiger partial charge in [-0.15, -0.1) is 11.6 Å². The van der Waals surface area contributed by atoms with Gasteiger partial charge in [0.15, 0.2) is 0 Å². The van der Waals surface area contributed by atoms with Gasteiger partial charge in [0, 0.05) is 6.54 Å². The SMILES string of the molecule is ClCC1=NCC/C1=C\c1ccccc1. The van der Waals surface area contributed by atoms with Crippen molar-refractivity contribution >= 4 is 23.4 Å². The maximum Gasteiger partial charge on any atom is 0.0645 e. The second-order valence-electron chi connectivity index (χ2n) is 3.29. The minimum Gasteiger partial charge on any atom is -0.288 e. The summed E-state index contributed by atoms with van der Waals surface area (Å²) in [6, 6.07) is 10.3. The molecule has 0 bridgehead atoms. The van der Waals surface area contributed by atoms with E-state index < -0.39 is 0 Å². The van der Waals surface area contributed by atoms with Crippen LogP contribution in [0.4, 0.5) is 0 Å². The third-order valence-electron chi connectivity index (χ3n) is 2.32. The van der Waals surface area contributed by atoms with Crippen molar-refractivity contribution in [3.8, 4) is 0 Å². The highest BCUT2D eigenvalue weighted by Gasteiger charge is 2.11. The number of rotatable bonds is 2. The number of alkyl halides is 1. The topological polar surface area (TPSA) is 12.4 Å². The Bertz CT molecular complexity index is 365. The Balaban J connectivity index is 2.23.